The van der Waals surface area contributed by atoms with Gasteiger partial charge in [0.15, 0.2) is 0 Å². The van der Waals surface area contributed by atoms with Crippen molar-refractivity contribution in [3.63, 3.8) is 0 Å². The van der Waals surface area contributed by atoms with Crippen LogP contribution in [0.1, 0.15) is 18.4 Å². The molecule has 0 aromatic heterocycles. The van der Waals surface area contributed by atoms with E-state index < -0.39 is 0 Å². The van der Waals surface area contributed by atoms with E-state index in [0.717, 1.165) is 16.8 Å². The van der Waals surface area contributed by atoms with Gasteiger partial charge in [-0.25, -0.2) is 0 Å². The lowest BCUT2D eigenvalue weighted by Crippen LogP contribution is -2.20. The summed E-state index contributed by atoms with van der Waals surface area (Å²) in [7, 11) is 1.69. The SMILES string of the molecule is COc1cccc(C2(CN)CC2)c1Br. The minimum Gasteiger partial charge on any atom is -0.496 e. The summed E-state index contributed by atoms with van der Waals surface area (Å²) < 4.78 is 6.33. The first-order valence-electron chi connectivity index (χ1n) is 4.76. The molecule has 0 aliphatic heterocycles. The van der Waals surface area contributed by atoms with Crippen molar-refractivity contribution < 1.29 is 4.74 Å². The van der Waals surface area contributed by atoms with Gasteiger partial charge in [0.2, 0.25) is 0 Å². The second-order valence-electron chi connectivity index (χ2n) is 3.81. The van der Waals surface area contributed by atoms with Gasteiger partial charge in [-0.2, -0.15) is 0 Å². The van der Waals surface area contributed by atoms with Crippen LogP contribution in [0, 0.1) is 0 Å². The largest absolute Gasteiger partial charge is 0.496 e. The highest BCUT2D eigenvalue weighted by Crippen LogP contribution is 2.51. The number of hydrogen-bond donors (Lipinski definition) is 1. The molecule has 2 N–H and O–H groups in total. The Kier molecular flexibility index (Phi) is 2.54. The molecule has 1 aromatic rings. The molecule has 76 valence electrons. The zero-order chi connectivity index (χ0) is 10.2. The van der Waals surface area contributed by atoms with Crippen LogP contribution in [0.25, 0.3) is 0 Å². The van der Waals surface area contributed by atoms with Crippen molar-refractivity contribution in [2.75, 3.05) is 13.7 Å². The van der Waals surface area contributed by atoms with Gasteiger partial charge in [-0.15, -0.1) is 0 Å². The lowest BCUT2D eigenvalue weighted by atomic mass is 9.96. The maximum atomic E-state index is 5.80. The molecule has 0 spiro atoms. The van der Waals surface area contributed by atoms with E-state index >= 15 is 0 Å². The van der Waals surface area contributed by atoms with Crippen LogP contribution >= 0.6 is 15.9 Å². The van der Waals surface area contributed by atoms with Gasteiger partial charge < -0.3 is 10.5 Å². The predicted molar refractivity (Wildman–Crippen MR) is 60.7 cm³/mol. The number of hydrogen-bond acceptors (Lipinski definition) is 2. The molecule has 1 saturated carbocycles. The Balaban J connectivity index is 2.43. The molecular weight excluding hydrogens is 242 g/mol. The Morgan fingerprint density at radius 2 is 2.21 bits per heavy atom. The number of benzene rings is 1. The molecular formula is C11H14BrNO. The Hall–Kier alpha value is -0.540. The maximum absolute atomic E-state index is 5.80. The summed E-state index contributed by atoms with van der Waals surface area (Å²) in [4.78, 5) is 0. The van der Waals surface area contributed by atoms with Crippen LogP contribution in [0.3, 0.4) is 0 Å². The lowest BCUT2D eigenvalue weighted by molar-refractivity contribution is 0.410. The van der Waals surface area contributed by atoms with Crippen molar-refractivity contribution in [1.82, 2.24) is 0 Å². The van der Waals surface area contributed by atoms with E-state index in [1.165, 1.54) is 18.4 Å². The maximum Gasteiger partial charge on any atom is 0.133 e. The fourth-order valence-corrected chi connectivity index (χ4v) is 2.66. The molecule has 3 heteroatoms. The van der Waals surface area contributed by atoms with Gasteiger partial charge in [-0.1, -0.05) is 12.1 Å². The van der Waals surface area contributed by atoms with Crippen molar-refractivity contribution in [3.05, 3.63) is 28.2 Å². The molecule has 2 rings (SSSR count). The first-order valence-corrected chi connectivity index (χ1v) is 5.56. The molecule has 0 unspecified atom stereocenters. The van der Waals surface area contributed by atoms with Crippen LogP contribution in [0.5, 0.6) is 5.75 Å². The first kappa shape index (κ1) is 9.99. The minimum atomic E-state index is 0.216. The van der Waals surface area contributed by atoms with E-state index in [4.69, 9.17) is 10.5 Å². The molecule has 1 fully saturated rings. The third-order valence-corrected chi connectivity index (χ3v) is 3.82. The summed E-state index contributed by atoms with van der Waals surface area (Å²) in [5, 5.41) is 0. The molecule has 2 nitrogen and oxygen atoms in total. The molecule has 1 aliphatic rings. The lowest BCUT2D eigenvalue weighted by Gasteiger charge is -2.16. The van der Waals surface area contributed by atoms with Crippen molar-refractivity contribution >= 4 is 15.9 Å². The molecule has 1 aliphatic carbocycles. The van der Waals surface area contributed by atoms with Crippen molar-refractivity contribution in [3.8, 4) is 5.75 Å². The number of nitrogens with two attached hydrogens (primary N) is 1. The fraction of sp³-hybridized carbons (Fsp3) is 0.455. The Morgan fingerprint density at radius 3 is 2.71 bits per heavy atom. The van der Waals surface area contributed by atoms with Gasteiger partial charge in [0.25, 0.3) is 0 Å². The van der Waals surface area contributed by atoms with Gasteiger partial charge in [0.05, 0.1) is 11.6 Å². The third-order valence-electron chi connectivity index (χ3n) is 3.00. The molecule has 0 atom stereocenters. The van der Waals surface area contributed by atoms with Crippen LogP contribution in [-0.4, -0.2) is 13.7 Å². The molecule has 0 amide bonds. The van der Waals surface area contributed by atoms with E-state index in [1.54, 1.807) is 7.11 Å². The topological polar surface area (TPSA) is 35.2 Å². The summed E-state index contributed by atoms with van der Waals surface area (Å²) in [5.74, 6) is 0.891. The molecule has 0 saturated heterocycles. The normalized spacial score (nSPS) is 17.9. The highest BCUT2D eigenvalue weighted by atomic mass is 79.9. The number of methoxy groups -OCH3 is 1. The first-order chi connectivity index (χ1) is 6.73. The van der Waals surface area contributed by atoms with Crippen molar-refractivity contribution in [2.24, 2.45) is 5.73 Å². The number of halogens is 1. The summed E-state index contributed by atoms with van der Waals surface area (Å²) in [6.45, 7) is 0.721. The van der Waals surface area contributed by atoms with Crippen LogP contribution in [0.2, 0.25) is 0 Å². The monoisotopic (exact) mass is 255 g/mol. The van der Waals surface area contributed by atoms with E-state index in [1.807, 2.05) is 12.1 Å². The van der Waals surface area contributed by atoms with Gasteiger partial charge >= 0.3 is 0 Å². The predicted octanol–water partition coefficient (Wildman–Crippen LogP) is 2.45. The van der Waals surface area contributed by atoms with Crippen LogP contribution in [0.15, 0.2) is 22.7 Å². The summed E-state index contributed by atoms with van der Waals surface area (Å²) in [6, 6.07) is 6.11. The Labute approximate surface area is 92.6 Å². The van der Waals surface area contributed by atoms with Gasteiger partial charge in [-0.05, 0) is 40.4 Å². The summed E-state index contributed by atoms with van der Waals surface area (Å²) in [6.07, 6.45) is 2.38. The second-order valence-corrected chi connectivity index (χ2v) is 4.60. The number of ether oxygens (including phenoxy) is 1. The Morgan fingerprint density at radius 1 is 1.50 bits per heavy atom. The van der Waals surface area contributed by atoms with E-state index in [9.17, 15) is 0 Å². The fourth-order valence-electron chi connectivity index (χ4n) is 1.81. The second kappa shape index (κ2) is 3.55. The average Bonchev–Trinajstić information content (AvgIpc) is 2.99. The Bertz CT molecular complexity index is 347. The van der Waals surface area contributed by atoms with Gasteiger partial charge in [0, 0.05) is 12.0 Å². The number of rotatable bonds is 3. The van der Waals surface area contributed by atoms with Crippen LogP contribution < -0.4 is 10.5 Å². The van der Waals surface area contributed by atoms with Gasteiger partial charge in [0.1, 0.15) is 5.75 Å². The highest BCUT2D eigenvalue weighted by Gasteiger charge is 2.44. The third kappa shape index (κ3) is 1.44. The van der Waals surface area contributed by atoms with Crippen LogP contribution in [0.4, 0.5) is 0 Å². The van der Waals surface area contributed by atoms with Crippen molar-refractivity contribution in [2.45, 2.75) is 18.3 Å². The standard InChI is InChI=1S/C11H14BrNO/c1-14-9-4-2-3-8(10(9)12)11(7-13)5-6-11/h2-4H,5-7,13H2,1H3. The molecule has 1 aromatic carbocycles. The zero-order valence-electron chi connectivity index (χ0n) is 8.22. The van der Waals surface area contributed by atoms with Crippen LogP contribution in [-0.2, 0) is 5.41 Å². The van der Waals surface area contributed by atoms with Gasteiger partial charge in [-0.3, -0.25) is 0 Å². The average molecular weight is 256 g/mol. The molecule has 14 heavy (non-hydrogen) atoms. The minimum absolute atomic E-state index is 0.216. The summed E-state index contributed by atoms with van der Waals surface area (Å²) >= 11 is 3.58. The zero-order valence-corrected chi connectivity index (χ0v) is 9.80. The van der Waals surface area contributed by atoms with E-state index in [0.29, 0.717) is 0 Å². The van der Waals surface area contributed by atoms with Crippen molar-refractivity contribution in [1.29, 1.82) is 0 Å². The van der Waals surface area contributed by atoms with E-state index in [-0.39, 0.29) is 5.41 Å². The smallest absolute Gasteiger partial charge is 0.133 e. The molecule has 0 bridgehead atoms. The van der Waals surface area contributed by atoms with E-state index in [2.05, 4.69) is 22.0 Å². The molecule has 0 heterocycles. The summed E-state index contributed by atoms with van der Waals surface area (Å²) in [5.41, 5.74) is 7.31. The molecule has 0 radical (unpaired) electrons. The quantitative estimate of drug-likeness (QED) is 0.901. The highest BCUT2D eigenvalue weighted by molar-refractivity contribution is 9.10.